The average molecular weight is 382 g/mol. The molecule has 1 aromatic carbocycles. The Morgan fingerprint density at radius 2 is 1.69 bits per heavy atom. The van der Waals surface area contributed by atoms with Crippen LogP contribution in [0.5, 0.6) is 5.88 Å². The van der Waals surface area contributed by atoms with E-state index >= 15 is 0 Å². The minimum atomic E-state index is -1.49. The van der Waals surface area contributed by atoms with Gasteiger partial charge in [-0.3, -0.25) is 4.90 Å². The van der Waals surface area contributed by atoms with Gasteiger partial charge in [0.15, 0.2) is 17.5 Å². The van der Waals surface area contributed by atoms with Gasteiger partial charge in [0.2, 0.25) is 10.8 Å². The molecule has 3 heterocycles. The maximum atomic E-state index is 13.9. The predicted molar refractivity (Wildman–Crippen MR) is 90.7 cm³/mol. The molecule has 0 unspecified atom stereocenters. The van der Waals surface area contributed by atoms with Gasteiger partial charge in [-0.2, -0.15) is 9.61 Å². The number of fused-ring (bicyclic) bond motifs is 1. The molecule has 1 atom stereocenters. The predicted octanol–water partition coefficient (Wildman–Crippen LogP) is 3.88. The van der Waals surface area contributed by atoms with Gasteiger partial charge in [-0.25, -0.2) is 18.2 Å². The van der Waals surface area contributed by atoms with Gasteiger partial charge in [-0.15, -0.1) is 0 Å². The van der Waals surface area contributed by atoms with E-state index in [1.807, 2.05) is 0 Å². The summed E-state index contributed by atoms with van der Waals surface area (Å²) in [7, 11) is 0. The zero-order valence-corrected chi connectivity index (χ0v) is 14.6. The summed E-state index contributed by atoms with van der Waals surface area (Å²) >= 11 is 1.21. The second-order valence-electron chi connectivity index (χ2n) is 6.40. The Balaban J connectivity index is 1.86. The molecule has 1 aliphatic rings. The fourth-order valence-corrected chi connectivity index (χ4v) is 4.58. The first-order valence-corrected chi connectivity index (χ1v) is 9.28. The van der Waals surface area contributed by atoms with E-state index in [1.54, 1.807) is 0 Å². The van der Waals surface area contributed by atoms with Crippen LogP contribution in [0, 0.1) is 17.5 Å². The highest BCUT2D eigenvalue weighted by Crippen LogP contribution is 2.41. The molecule has 9 heteroatoms. The first-order valence-electron chi connectivity index (χ1n) is 8.46. The molecule has 0 saturated carbocycles. The summed E-state index contributed by atoms with van der Waals surface area (Å²) in [6.45, 7) is 1.44. The van der Waals surface area contributed by atoms with Crippen molar-refractivity contribution in [2.24, 2.45) is 0 Å². The van der Waals surface area contributed by atoms with E-state index in [9.17, 15) is 18.3 Å². The third-order valence-electron chi connectivity index (χ3n) is 4.71. The number of aromatic hydroxyl groups is 1. The average Bonchev–Trinajstić information content (AvgIpc) is 3.07. The van der Waals surface area contributed by atoms with Gasteiger partial charge in [0, 0.05) is 0 Å². The molecular formula is C17H17F3N4OS. The molecule has 1 saturated heterocycles. The molecule has 0 radical (unpaired) electrons. The Kier molecular flexibility index (Phi) is 4.58. The van der Waals surface area contributed by atoms with Crippen LogP contribution in [-0.4, -0.2) is 37.7 Å². The largest absolute Gasteiger partial charge is 0.492 e. The zero-order valence-electron chi connectivity index (χ0n) is 13.8. The molecule has 138 valence electrons. The summed E-state index contributed by atoms with van der Waals surface area (Å²) in [6.07, 6.45) is 5.38. The minimum absolute atomic E-state index is 0.109. The lowest BCUT2D eigenvalue weighted by Gasteiger charge is -2.30. The molecular weight excluding hydrogens is 365 g/mol. The van der Waals surface area contributed by atoms with Crippen LogP contribution in [0.3, 0.4) is 0 Å². The van der Waals surface area contributed by atoms with Crippen molar-refractivity contribution in [1.82, 2.24) is 19.5 Å². The minimum Gasteiger partial charge on any atom is -0.492 e. The van der Waals surface area contributed by atoms with Crippen molar-refractivity contribution in [1.29, 1.82) is 0 Å². The van der Waals surface area contributed by atoms with Gasteiger partial charge in [-0.1, -0.05) is 24.2 Å². The van der Waals surface area contributed by atoms with Crippen molar-refractivity contribution in [3.63, 3.8) is 0 Å². The Bertz CT molecular complexity index is 910. The summed E-state index contributed by atoms with van der Waals surface area (Å²) in [5.74, 6) is -4.07. The fourth-order valence-electron chi connectivity index (χ4n) is 3.49. The fraction of sp³-hybridized carbons (Fsp3) is 0.412. The summed E-state index contributed by atoms with van der Waals surface area (Å²) < 4.78 is 42.5. The van der Waals surface area contributed by atoms with E-state index in [0.29, 0.717) is 9.84 Å². The summed E-state index contributed by atoms with van der Waals surface area (Å²) in [4.78, 5) is 7.13. The van der Waals surface area contributed by atoms with E-state index in [2.05, 4.69) is 15.0 Å². The third kappa shape index (κ3) is 2.95. The second kappa shape index (κ2) is 6.88. The van der Waals surface area contributed by atoms with Gasteiger partial charge in [0.1, 0.15) is 6.33 Å². The van der Waals surface area contributed by atoms with Crippen LogP contribution in [0.2, 0.25) is 0 Å². The molecule has 4 rings (SSSR count). The van der Waals surface area contributed by atoms with E-state index in [0.717, 1.165) is 50.9 Å². The molecule has 0 bridgehead atoms. The highest BCUT2D eigenvalue weighted by molar-refractivity contribution is 7.17. The lowest BCUT2D eigenvalue weighted by atomic mass is 10.0. The number of likely N-dealkylation sites (tertiary alicyclic amines) is 1. The molecule has 26 heavy (non-hydrogen) atoms. The molecule has 1 N–H and O–H groups in total. The Hall–Kier alpha value is -2.13. The topological polar surface area (TPSA) is 53.7 Å². The Morgan fingerprint density at radius 3 is 2.31 bits per heavy atom. The lowest BCUT2D eigenvalue weighted by molar-refractivity contribution is 0.231. The van der Waals surface area contributed by atoms with E-state index in [1.165, 1.54) is 22.2 Å². The lowest BCUT2D eigenvalue weighted by Crippen LogP contribution is -2.30. The van der Waals surface area contributed by atoms with Crippen LogP contribution in [0.25, 0.3) is 4.96 Å². The highest BCUT2D eigenvalue weighted by Gasteiger charge is 2.31. The SMILES string of the molecule is Oc1c([C@@H](c2cc(F)c(F)c(F)c2)N2CCCCCC2)sc2ncnn12. The van der Waals surface area contributed by atoms with E-state index in [4.69, 9.17) is 0 Å². The van der Waals surface area contributed by atoms with Crippen LogP contribution in [0.15, 0.2) is 18.5 Å². The monoisotopic (exact) mass is 382 g/mol. The van der Waals surface area contributed by atoms with E-state index in [-0.39, 0.29) is 11.4 Å². The second-order valence-corrected chi connectivity index (χ2v) is 7.40. The number of rotatable bonds is 3. The molecule has 1 fully saturated rings. The van der Waals surface area contributed by atoms with Crippen LogP contribution in [0.1, 0.15) is 42.2 Å². The molecule has 1 aliphatic heterocycles. The van der Waals surface area contributed by atoms with Gasteiger partial charge < -0.3 is 5.11 Å². The van der Waals surface area contributed by atoms with Gasteiger partial charge in [0.05, 0.1) is 10.9 Å². The van der Waals surface area contributed by atoms with Crippen molar-refractivity contribution < 1.29 is 18.3 Å². The maximum absolute atomic E-state index is 13.9. The smallest absolute Gasteiger partial charge is 0.230 e. The summed E-state index contributed by atoms with van der Waals surface area (Å²) in [5, 5.41) is 14.6. The zero-order chi connectivity index (χ0) is 18.3. The van der Waals surface area contributed by atoms with Gasteiger partial charge in [0.25, 0.3) is 0 Å². The first-order chi connectivity index (χ1) is 12.6. The van der Waals surface area contributed by atoms with E-state index < -0.39 is 23.5 Å². The molecule has 3 aromatic rings. The highest BCUT2D eigenvalue weighted by atomic mass is 32.1. The standard InChI is InChI=1S/C17H17F3N4OS/c18-11-7-10(8-12(19)13(11)20)14(23-5-3-1-2-4-6-23)15-16(25)24-17(26-15)21-9-22-24/h7-9,14,25H,1-6H2/t14-/m1/s1. The van der Waals surface area contributed by atoms with Crippen LogP contribution < -0.4 is 0 Å². The van der Waals surface area contributed by atoms with Crippen molar-refractivity contribution >= 4 is 16.3 Å². The number of aromatic nitrogens is 3. The van der Waals surface area contributed by atoms with Crippen molar-refractivity contribution in [3.05, 3.63) is 46.4 Å². The Morgan fingerprint density at radius 1 is 1.04 bits per heavy atom. The first kappa shape index (κ1) is 17.3. The van der Waals surface area contributed by atoms with Gasteiger partial charge >= 0.3 is 0 Å². The molecule has 2 aromatic heterocycles. The third-order valence-corrected chi connectivity index (χ3v) is 5.80. The number of nitrogens with zero attached hydrogens (tertiary/aromatic N) is 4. The number of thiazole rings is 1. The van der Waals surface area contributed by atoms with Crippen LogP contribution >= 0.6 is 11.3 Å². The quantitative estimate of drug-likeness (QED) is 0.699. The van der Waals surface area contributed by atoms with Crippen molar-refractivity contribution in [2.75, 3.05) is 13.1 Å². The number of hydrogen-bond acceptors (Lipinski definition) is 5. The number of halogens is 3. The van der Waals surface area contributed by atoms with Crippen molar-refractivity contribution in [3.8, 4) is 5.88 Å². The van der Waals surface area contributed by atoms with Crippen molar-refractivity contribution in [2.45, 2.75) is 31.7 Å². The van der Waals surface area contributed by atoms with Gasteiger partial charge in [-0.05, 0) is 43.6 Å². The maximum Gasteiger partial charge on any atom is 0.230 e. The summed E-state index contributed by atoms with van der Waals surface area (Å²) in [5.41, 5.74) is 0.267. The number of hydrogen-bond donors (Lipinski definition) is 1. The number of benzene rings is 1. The molecule has 0 spiro atoms. The summed E-state index contributed by atoms with van der Waals surface area (Å²) in [6, 6.07) is 1.42. The normalized spacial score (nSPS) is 17.5. The van der Waals surface area contributed by atoms with Crippen LogP contribution in [0.4, 0.5) is 13.2 Å². The molecule has 5 nitrogen and oxygen atoms in total. The molecule has 0 amide bonds. The molecule has 0 aliphatic carbocycles. The Labute approximate surface area is 151 Å². The van der Waals surface area contributed by atoms with Crippen LogP contribution in [-0.2, 0) is 0 Å².